The van der Waals surface area contributed by atoms with Gasteiger partial charge in [-0.25, -0.2) is 0 Å². The molecule has 0 aromatic heterocycles. The molecule has 1 aromatic carbocycles. The smallest absolute Gasteiger partial charge is 0.258 e. The van der Waals surface area contributed by atoms with E-state index in [0.29, 0.717) is 5.56 Å². The molecule has 88 valence electrons. The minimum absolute atomic E-state index is 0.0862. The zero-order chi connectivity index (χ0) is 12.5. The molecule has 0 bridgehead atoms. The number of rotatable bonds is 2. The maximum Gasteiger partial charge on any atom is 0.274 e. The number of nitrogens with zero attached hydrogens (tertiary/aromatic N) is 1. The van der Waals surface area contributed by atoms with Gasteiger partial charge in [-0.2, -0.15) is 0 Å². The third-order valence-corrected chi connectivity index (χ3v) is 3.26. The highest BCUT2D eigenvalue weighted by Crippen LogP contribution is 2.35. The molecule has 0 unspecified atom stereocenters. The second-order valence-corrected chi connectivity index (χ2v) is 5.72. The van der Waals surface area contributed by atoms with Crippen LogP contribution >= 0.6 is 27.5 Å². The zero-order valence-electron chi connectivity index (χ0n) is 9.38. The number of nitro groups is 1. The highest BCUT2D eigenvalue weighted by atomic mass is 79.9. The Morgan fingerprint density at radius 2 is 2.00 bits per heavy atom. The lowest BCUT2D eigenvalue weighted by Gasteiger charge is -2.21. The van der Waals surface area contributed by atoms with Crippen molar-refractivity contribution in [3.05, 3.63) is 37.8 Å². The van der Waals surface area contributed by atoms with Crippen LogP contribution in [0.1, 0.15) is 31.9 Å². The lowest BCUT2D eigenvalue weighted by molar-refractivity contribution is -0.385. The van der Waals surface area contributed by atoms with Crippen molar-refractivity contribution in [3.63, 3.8) is 0 Å². The number of benzene rings is 1. The first-order valence-electron chi connectivity index (χ1n) is 4.80. The van der Waals surface area contributed by atoms with Crippen molar-refractivity contribution >= 4 is 33.2 Å². The van der Waals surface area contributed by atoms with E-state index in [4.69, 9.17) is 11.6 Å². The quantitative estimate of drug-likeness (QED) is 0.462. The molecule has 0 N–H and O–H groups in total. The Hall–Kier alpha value is -0.610. The van der Waals surface area contributed by atoms with E-state index in [1.807, 2.05) is 20.8 Å². The Bertz CT molecular complexity index is 427. The highest BCUT2D eigenvalue weighted by Gasteiger charge is 2.23. The highest BCUT2D eigenvalue weighted by molar-refractivity contribution is 9.10. The van der Waals surface area contributed by atoms with Gasteiger partial charge < -0.3 is 0 Å². The molecule has 0 radical (unpaired) electrons. The largest absolute Gasteiger partial charge is 0.274 e. The molecule has 1 aromatic rings. The molecular weight excluding hydrogens is 293 g/mol. The third kappa shape index (κ3) is 2.74. The van der Waals surface area contributed by atoms with Gasteiger partial charge in [0.05, 0.1) is 10.8 Å². The second kappa shape index (κ2) is 4.72. The van der Waals surface area contributed by atoms with Crippen molar-refractivity contribution in [3.8, 4) is 0 Å². The van der Waals surface area contributed by atoms with Gasteiger partial charge in [0, 0.05) is 16.1 Å². The first-order chi connectivity index (χ1) is 7.27. The Balaban J connectivity index is 3.45. The van der Waals surface area contributed by atoms with Crippen LogP contribution < -0.4 is 0 Å². The summed E-state index contributed by atoms with van der Waals surface area (Å²) in [5.41, 5.74) is 1.39. The Kier molecular flexibility index (Phi) is 3.97. The normalized spacial score (nSPS) is 11.6. The predicted molar refractivity (Wildman–Crippen MR) is 69.1 cm³/mol. The minimum Gasteiger partial charge on any atom is -0.258 e. The SMILES string of the molecule is CC(C)(C)c1cc([N+](=O)[O-])c(CCl)cc1Br. The summed E-state index contributed by atoms with van der Waals surface area (Å²) in [7, 11) is 0. The average molecular weight is 307 g/mol. The van der Waals surface area contributed by atoms with Crippen LogP contribution in [0.3, 0.4) is 0 Å². The van der Waals surface area contributed by atoms with E-state index in [9.17, 15) is 10.1 Å². The Morgan fingerprint density at radius 1 is 1.44 bits per heavy atom. The van der Waals surface area contributed by atoms with Gasteiger partial charge in [-0.05, 0) is 17.0 Å². The maximum atomic E-state index is 10.9. The van der Waals surface area contributed by atoms with Gasteiger partial charge in [-0.15, -0.1) is 11.6 Å². The standard InChI is InChI=1S/C11H13BrClNO2/c1-11(2,3)8-5-10(14(15)16)7(6-13)4-9(8)12/h4-5H,6H2,1-3H3. The van der Waals surface area contributed by atoms with Crippen LogP contribution in [0, 0.1) is 10.1 Å². The topological polar surface area (TPSA) is 43.1 Å². The number of nitro benzene ring substituents is 1. The summed E-state index contributed by atoms with van der Waals surface area (Å²) in [6.45, 7) is 6.03. The molecule has 0 saturated heterocycles. The summed E-state index contributed by atoms with van der Waals surface area (Å²) in [6.07, 6.45) is 0. The monoisotopic (exact) mass is 305 g/mol. The lowest BCUT2D eigenvalue weighted by Crippen LogP contribution is -2.13. The Morgan fingerprint density at radius 3 is 2.38 bits per heavy atom. The van der Waals surface area contributed by atoms with E-state index in [1.165, 1.54) is 0 Å². The van der Waals surface area contributed by atoms with E-state index >= 15 is 0 Å². The first kappa shape index (κ1) is 13.5. The van der Waals surface area contributed by atoms with Crippen LogP contribution in [-0.4, -0.2) is 4.92 Å². The van der Waals surface area contributed by atoms with Crippen molar-refractivity contribution in [2.75, 3.05) is 0 Å². The fourth-order valence-electron chi connectivity index (χ4n) is 1.45. The van der Waals surface area contributed by atoms with Crippen molar-refractivity contribution in [2.45, 2.75) is 32.1 Å². The average Bonchev–Trinajstić information content (AvgIpc) is 2.14. The Labute approximate surface area is 108 Å². The fourth-order valence-corrected chi connectivity index (χ4v) is 2.65. The van der Waals surface area contributed by atoms with E-state index < -0.39 is 0 Å². The molecule has 16 heavy (non-hydrogen) atoms. The molecule has 1 rings (SSSR count). The van der Waals surface area contributed by atoms with Crippen LogP contribution in [0.4, 0.5) is 5.69 Å². The summed E-state index contributed by atoms with van der Waals surface area (Å²) in [4.78, 5) is 10.5. The molecule has 0 aliphatic heterocycles. The maximum absolute atomic E-state index is 10.9. The molecule has 5 heteroatoms. The van der Waals surface area contributed by atoms with Crippen LogP contribution in [0.25, 0.3) is 0 Å². The number of alkyl halides is 1. The van der Waals surface area contributed by atoms with Gasteiger partial charge in [0.2, 0.25) is 0 Å². The van der Waals surface area contributed by atoms with E-state index in [1.54, 1.807) is 12.1 Å². The molecular formula is C11H13BrClNO2. The molecule has 3 nitrogen and oxygen atoms in total. The summed E-state index contributed by atoms with van der Waals surface area (Å²) in [6, 6.07) is 3.33. The van der Waals surface area contributed by atoms with Gasteiger partial charge >= 0.3 is 0 Å². The zero-order valence-corrected chi connectivity index (χ0v) is 11.7. The van der Waals surface area contributed by atoms with Gasteiger partial charge in [0.15, 0.2) is 0 Å². The van der Waals surface area contributed by atoms with Gasteiger partial charge in [0.1, 0.15) is 0 Å². The molecule has 0 spiro atoms. The van der Waals surface area contributed by atoms with Crippen molar-refractivity contribution < 1.29 is 4.92 Å². The molecule has 0 saturated carbocycles. The number of halogens is 2. The second-order valence-electron chi connectivity index (χ2n) is 4.60. The van der Waals surface area contributed by atoms with E-state index in [2.05, 4.69) is 15.9 Å². The van der Waals surface area contributed by atoms with Gasteiger partial charge in [-0.1, -0.05) is 36.7 Å². The molecule has 0 atom stereocenters. The van der Waals surface area contributed by atoms with Crippen molar-refractivity contribution in [2.24, 2.45) is 0 Å². The van der Waals surface area contributed by atoms with Crippen molar-refractivity contribution in [1.82, 2.24) is 0 Å². The first-order valence-corrected chi connectivity index (χ1v) is 6.13. The molecule has 0 aliphatic rings. The van der Waals surface area contributed by atoms with E-state index in [0.717, 1.165) is 10.0 Å². The number of hydrogen-bond acceptors (Lipinski definition) is 2. The van der Waals surface area contributed by atoms with Gasteiger partial charge in [0.25, 0.3) is 5.69 Å². The van der Waals surface area contributed by atoms with Crippen LogP contribution in [0.5, 0.6) is 0 Å². The van der Waals surface area contributed by atoms with Crippen LogP contribution in [0.15, 0.2) is 16.6 Å². The summed E-state index contributed by atoms with van der Waals surface area (Å²) >= 11 is 9.12. The van der Waals surface area contributed by atoms with Gasteiger partial charge in [-0.3, -0.25) is 10.1 Å². The minimum atomic E-state index is -0.389. The molecule has 0 heterocycles. The van der Waals surface area contributed by atoms with Crippen LogP contribution in [-0.2, 0) is 11.3 Å². The molecule has 0 fully saturated rings. The van der Waals surface area contributed by atoms with Crippen LogP contribution in [0.2, 0.25) is 0 Å². The fraction of sp³-hybridized carbons (Fsp3) is 0.455. The third-order valence-electron chi connectivity index (χ3n) is 2.32. The summed E-state index contributed by atoms with van der Waals surface area (Å²) in [5.74, 6) is 0.138. The van der Waals surface area contributed by atoms with E-state index in [-0.39, 0.29) is 21.9 Å². The predicted octanol–water partition coefficient (Wildman–Crippen LogP) is 4.39. The lowest BCUT2D eigenvalue weighted by atomic mass is 9.86. The summed E-state index contributed by atoms with van der Waals surface area (Å²) < 4.78 is 0.862. The number of hydrogen-bond donors (Lipinski definition) is 0. The molecule has 0 amide bonds. The summed E-state index contributed by atoms with van der Waals surface area (Å²) in [5, 5.41) is 10.9. The molecule has 0 aliphatic carbocycles. The van der Waals surface area contributed by atoms with Crippen molar-refractivity contribution in [1.29, 1.82) is 0 Å².